The van der Waals surface area contributed by atoms with E-state index in [4.69, 9.17) is 28.9 Å². The van der Waals surface area contributed by atoms with Crippen LogP contribution in [0.4, 0.5) is 5.69 Å². The van der Waals surface area contributed by atoms with Gasteiger partial charge in [-0.1, -0.05) is 29.3 Å². The van der Waals surface area contributed by atoms with Gasteiger partial charge in [-0.2, -0.15) is 5.10 Å². The van der Waals surface area contributed by atoms with E-state index in [1.165, 1.54) is 0 Å². The van der Waals surface area contributed by atoms with E-state index in [9.17, 15) is 0 Å². The number of halogens is 2. The molecule has 0 saturated carbocycles. The molecule has 0 saturated heterocycles. The number of aromatic amines is 1. The Kier molecular flexibility index (Phi) is 2.65. The van der Waals surface area contributed by atoms with Crippen LogP contribution < -0.4 is 5.73 Å². The van der Waals surface area contributed by atoms with E-state index >= 15 is 0 Å². The van der Waals surface area contributed by atoms with Crippen molar-refractivity contribution in [3.8, 4) is 11.3 Å². The van der Waals surface area contributed by atoms with Crippen LogP contribution in [0.25, 0.3) is 22.2 Å². The Bertz CT molecular complexity index is 734. The molecule has 90 valence electrons. The van der Waals surface area contributed by atoms with Crippen molar-refractivity contribution in [2.24, 2.45) is 0 Å². The molecule has 0 amide bonds. The van der Waals surface area contributed by atoms with Gasteiger partial charge in [0.1, 0.15) is 0 Å². The van der Waals surface area contributed by atoms with Crippen LogP contribution in [0.2, 0.25) is 10.0 Å². The van der Waals surface area contributed by atoms with Crippen LogP contribution in [-0.2, 0) is 0 Å². The van der Waals surface area contributed by atoms with Crippen LogP contribution in [0.5, 0.6) is 0 Å². The quantitative estimate of drug-likeness (QED) is 0.658. The molecule has 2 aromatic carbocycles. The second-order valence-electron chi connectivity index (χ2n) is 4.01. The van der Waals surface area contributed by atoms with Crippen LogP contribution in [0.1, 0.15) is 0 Å². The summed E-state index contributed by atoms with van der Waals surface area (Å²) in [7, 11) is 0. The molecule has 0 aliphatic rings. The Labute approximate surface area is 114 Å². The van der Waals surface area contributed by atoms with Crippen LogP contribution in [0.3, 0.4) is 0 Å². The number of nitrogens with one attached hydrogen (secondary N) is 1. The Hall–Kier alpha value is -1.71. The van der Waals surface area contributed by atoms with Gasteiger partial charge in [-0.05, 0) is 30.3 Å². The SMILES string of the molecule is Nc1ccc2c(-c3ccc(Cl)c(Cl)c3)n[nH]c2c1. The van der Waals surface area contributed by atoms with E-state index in [0.29, 0.717) is 15.7 Å². The second kappa shape index (κ2) is 4.19. The van der Waals surface area contributed by atoms with Gasteiger partial charge in [0.05, 0.1) is 21.3 Å². The molecule has 0 atom stereocenters. The molecule has 1 heterocycles. The first kappa shape index (κ1) is 11.4. The van der Waals surface area contributed by atoms with Gasteiger partial charge in [0, 0.05) is 16.6 Å². The third-order valence-electron chi connectivity index (χ3n) is 2.78. The van der Waals surface area contributed by atoms with Crippen molar-refractivity contribution in [1.29, 1.82) is 0 Å². The normalized spacial score (nSPS) is 11.0. The predicted octanol–water partition coefficient (Wildman–Crippen LogP) is 4.12. The van der Waals surface area contributed by atoms with Gasteiger partial charge in [0.25, 0.3) is 0 Å². The molecule has 0 aliphatic carbocycles. The standard InChI is InChI=1S/C13H9Cl2N3/c14-10-4-1-7(5-11(10)15)13-9-3-2-8(16)6-12(9)17-18-13/h1-6H,16H2,(H,17,18). The lowest BCUT2D eigenvalue weighted by Gasteiger charge is -2.01. The molecule has 3 rings (SSSR count). The molecule has 0 unspecified atom stereocenters. The van der Waals surface area contributed by atoms with E-state index in [-0.39, 0.29) is 0 Å². The highest BCUT2D eigenvalue weighted by molar-refractivity contribution is 6.42. The molecule has 0 bridgehead atoms. The first-order valence-corrected chi connectivity index (χ1v) is 6.10. The number of H-pyrrole nitrogens is 1. The van der Waals surface area contributed by atoms with E-state index < -0.39 is 0 Å². The molecular weight excluding hydrogens is 269 g/mol. The van der Waals surface area contributed by atoms with Gasteiger partial charge in [-0.25, -0.2) is 0 Å². The molecule has 3 N–H and O–H groups in total. The molecule has 0 radical (unpaired) electrons. The molecule has 0 fully saturated rings. The number of nitrogens with two attached hydrogens (primary N) is 1. The lowest BCUT2D eigenvalue weighted by atomic mass is 10.1. The summed E-state index contributed by atoms with van der Waals surface area (Å²) in [5.74, 6) is 0. The highest BCUT2D eigenvalue weighted by Crippen LogP contribution is 2.31. The fourth-order valence-corrected chi connectivity index (χ4v) is 2.20. The Morgan fingerprint density at radius 3 is 2.61 bits per heavy atom. The summed E-state index contributed by atoms with van der Waals surface area (Å²) >= 11 is 11.9. The molecule has 0 aliphatic heterocycles. The first-order chi connectivity index (χ1) is 8.65. The zero-order valence-corrected chi connectivity index (χ0v) is 10.8. The smallest absolute Gasteiger partial charge is 0.0999 e. The summed E-state index contributed by atoms with van der Waals surface area (Å²) in [6.45, 7) is 0. The zero-order valence-electron chi connectivity index (χ0n) is 9.24. The molecule has 3 nitrogen and oxygen atoms in total. The fraction of sp³-hybridized carbons (Fsp3) is 0. The number of aromatic nitrogens is 2. The van der Waals surface area contributed by atoms with Crippen LogP contribution >= 0.6 is 23.2 Å². The Morgan fingerprint density at radius 2 is 1.83 bits per heavy atom. The zero-order chi connectivity index (χ0) is 12.7. The average molecular weight is 278 g/mol. The van der Waals surface area contributed by atoms with E-state index in [1.807, 2.05) is 24.3 Å². The number of fused-ring (bicyclic) bond motifs is 1. The minimum absolute atomic E-state index is 0.515. The molecule has 18 heavy (non-hydrogen) atoms. The minimum Gasteiger partial charge on any atom is -0.399 e. The van der Waals surface area contributed by atoms with Crippen molar-refractivity contribution < 1.29 is 0 Å². The van der Waals surface area contributed by atoms with Crippen LogP contribution in [0.15, 0.2) is 36.4 Å². The molecule has 0 spiro atoms. The summed E-state index contributed by atoms with van der Waals surface area (Å²) in [6.07, 6.45) is 0. The lowest BCUT2D eigenvalue weighted by molar-refractivity contribution is 1.12. The van der Waals surface area contributed by atoms with Gasteiger partial charge < -0.3 is 5.73 Å². The number of benzene rings is 2. The number of nitrogen functional groups attached to an aromatic ring is 1. The van der Waals surface area contributed by atoms with Gasteiger partial charge >= 0.3 is 0 Å². The monoisotopic (exact) mass is 277 g/mol. The van der Waals surface area contributed by atoms with Gasteiger partial charge in [0.2, 0.25) is 0 Å². The largest absolute Gasteiger partial charge is 0.399 e. The van der Waals surface area contributed by atoms with E-state index in [2.05, 4.69) is 10.2 Å². The summed E-state index contributed by atoms with van der Waals surface area (Å²) in [6, 6.07) is 11.1. The lowest BCUT2D eigenvalue weighted by Crippen LogP contribution is -1.83. The molecule has 5 heteroatoms. The fourth-order valence-electron chi connectivity index (χ4n) is 1.90. The number of hydrogen-bond donors (Lipinski definition) is 2. The van der Waals surface area contributed by atoms with E-state index in [1.54, 1.807) is 12.1 Å². The van der Waals surface area contributed by atoms with Crippen molar-refractivity contribution in [2.45, 2.75) is 0 Å². The number of nitrogens with zero attached hydrogens (tertiary/aromatic N) is 1. The summed E-state index contributed by atoms with van der Waals surface area (Å²) < 4.78 is 0. The van der Waals surface area contributed by atoms with E-state index in [0.717, 1.165) is 22.2 Å². The highest BCUT2D eigenvalue weighted by Gasteiger charge is 2.09. The summed E-state index contributed by atoms with van der Waals surface area (Å²) in [5.41, 5.74) is 9.08. The third-order valence-corrected chi connectivity index (χ3v) is 3.52. The topological polar surface area (TPSA) is 54.7 Å². The maximum Gasteiger partial charge on any atom is 0.0999 e. The van der Waals surface area contributed by atoms with Crippen molar-refractivity contribution >= 4 is 39.8 Å². The Balaban J connectivity index is 2.22. The third kappa shape index (κ3) is 1.82. The predicted molar refractivity (Wildman–Crippen MR) is 76.0 cm³/mol. The highest BCUT2D eigenvalue weighted by atomic mass is 35.5. The summed E-state index contributed by atoms with van der Waals surface area (Å²) in [5, 5.41) is 9.30. The van der Waals surface area contributed by atoms with Crippen LogP contribution in [-0.4, -0.2) is 10.2 Å². The maximum absolute atomic E-state index is 6.02. The molecule has 3 aromatic rings. The molecule has 1 aromatic heterocycles. The van der Waals surface area contributed by atoms with Gasteiger partial charge in [0.15, 0.2) is 0 Å². The second-order valence-corrected chi connectivity index (χ2v) is 4.82. The molecular formula is C13H9Cl2N3. The minimum atomic E-state index is 0.515. The average Bonchev–Trinajstić information content (AvgIpc) is 2.75. The Morgan fingerprint density at radius 1 is 1.00 bits per heavy atom. The summed E-state index contributed by atoms with van der Waals surface area (Å²) in [4.78, 5) is 0. The number of hydrogen-bond acceptors (Lipinski definition) is 2. The van der Waals surface area contributed by atoms with Gasteiger partial charge in [-0.15, -0.1) is 0 Å². The van der Waals surface area contributed by atoms with Crippen LogP contribution in [0, 0.1) is 0 Å². The van der Waals surface area contributed by atoms with Gasteiger partial charge in [-0.3, -0.25) is 5.10 Å². The van der Waals surface area contributed by atoms with Crippen molar-refractivity contribution in [2.75, 3.05) is 5.73 Å². The van der Waals surface area contributed by atoms with Crippen molar-refractivity contribution in [3.05, 3.63) is 46.4 Å². The number of anilines is 1. The van der Waals surface area contributed by atoms with Crippen molar-refractivity contribution in [3.63, 3.8) is 0 Å². The maximum atomic E-state index is 6.02. The number of rotatable bonds is 1. The first-order valence-electron chi connectivity index (χ1n) is 5.34. The van der Waals surface area contributed by atoms with Crippen molar-refractivity contribution in [1.82, 2.24) is 10.2 Å².